The van der Waals surface area contributed by atoms with Gasteiger partial charge in [-0.05, 0) is 28.8 Å². The van der Waals surface area contributed by atoms with E-state index >= 15 is 0 Å². The average molecular weight is 343 g/mol. The van der Waals surface area contributed by atoms with Gasteiger partial charge < -0.3 is 10.2 Å². The molecule has 0 aromatic carbocycles. The van der Waals surface area contributed by atoms with Gasteiger partial charge in [-0.15, -0.1) is 0 Å². The van der Waals surface area contributed by atoms with Gasteiger partial charge in [0.1, 0.15) is 4.47 Å². The third-order valence-corrected chi connectivity index (χ3v) is 4.17. The number of piperidine rings is 1. The largest absolute Gasteiger partial charge is 0.378 e. The van der Waals surface area contributed by atoms with Gasteiger partial charge in [-0.3, -0.25) is 9.59 Å². The minimum atomic E-state index is -0.128. The van der Waals surface area contributed by atoms with Gasteiger partial charge in [-0.1, -0.05) is 6.92 Å². The molecule has 0 bridgehead atoms. The molecule has 1 aromatic heterocycles. The van der Waals surface area contributed by atoms with Gasteiger partial charge >= 0.3 is 0 Å². The summed E-state index contributed by atoms with van der Waals surface area (Å²) in [5.41, 5.74) is 0.562. The summed E-state index contributed by atoms with van der Waals surface area (Å²) in [6, 6.07) is 0.150. The Morgan fingerprint density at radius 2 is 2.25 bits per heavy atom. The first-order chi connectivity index (χ1) is 9.52. The molecule has 0 spiro atoms. The quantitative estimate of drug-likeness (QED) is 0.899. The molecular weight excluding hydrogens is 324 g/mol. The Morgan fingerprint density at radius 1 is 1.50 bits per heavy atom. The number of hydrogen-bond donors (Lipinski definition) is 1. The van der Waals surface area contributed by atoms with Gasteiger partial charge in [0, 0.05) is 32.6 Å². The van der Waals surface area contributed by atoms with Crippen molar-refractivity contribution < 1.29 is 4.79 Å². The zero-order chi connectivity index (χ0) is 14.7. The highest BCUT2D eigenvalue weighted by Gasteiger charge is 2.23. The fraction of sp³-hybridized carbons (Fsp3) is 0.615. The van der Waals surface area contributed by atoms with Crippen LogP contribution in [-0.2, 0) is 11.3 Å². The molecule has 1 N–H and O–H groups in total. The summed E-state index contributed by atoms with van der Waals surface area (Å²) in [6.45, 7) is 3.25. The van der Waals surface area contributed by atoms with Crippen molar-refractivity contribution in [3.63, 3.8) is 0 Å². The van der Waals surface area contributed by atoms with Crippen molar-refractivity contribution in [1.29, 1.82) is 0 Å². The molecule has 0 saturated carbocycles. The van der Waals surface area contributed by atoms with Gasteiger partial charge in [0.15, 0.2) is 0 Å². The number of rotatable bonds is 4. The summed E-state index contributed by atoms with van der Waals surface area (Å²) in [7, 11) is 1.79. The number of likely N-dealkylation sites (tertiary alicyclic amines) is 1. The van der Waals surface area contributed by atoms with E-state index in [9.17, 15) is 9.59 Å². The molecule has 1 amide bonds. The van der Waals surface area contributed by atoms with Gasteiger partial charge in [0.2, 0.25) is 5.91 Å². The maximum Gasteiger partial charge on any atom is 0.283 e. The number of nitrogens with one attached hydrogen (secondary N) is 1. The van der Waals surface area contributed by atoms with E-state index < -0.39 is 0 Å². The maximum atomic E-state index is 12.1. The molecule has 1 unspecified atom stereocenters. The predicted molar refractivity (Wildman–Crippen MR) is 80.8 cm³/mol. The van der Waals surface area contributed by atoms with Crippen LogP contribution in [-0.4, -0.2) is 40.2 Å². The molecule has 1 atom stereocenters. The Bertz CT molecular complexity index is 558. The van der Waals surface area contributed by atoms with Crippen molar-refractivity contribution >= 4 is 27.5 Å². The van der Waals surface area contributed by atoms with E-state index in [0.29, 0.717) is 29.7 Å². The highest BCUT2D eigenvalue weighted by Crippen LogP contribution is 2.20. The first-order valence-electron chi connectivity index (χ1n) is 6.79. The average Bonchev–Trinajstić information content (AvgIpc) is 2.42. The van der Waals surface area contributed by atoms with Crippen LogP contribution in [0, 0.1) is 0 Å². The van der Waals surface area contributed by atoms with Crippen LogP contribution in [0.4, 0.5) is 5.69 Å². The molecule has 0 aliphatic carbocycles. The van der Waals surface area contributed by atoms with Crippen molar-refractivity contribution in [1.82, 2.24) is 14.7 Å². The van der Waals surface area contributed by atoms with E-state index in [1.165, 1.54) is 4.68 Å². The molecule has 2 heterocycles. The smallest absolute Gasteiger partial charge is 0.283 e. The Hall–Kier alpha value is -1.37. The molecule has 1 fully saturated rings. The SMILES string of the molecule is CCCn1ncc(NC2CCC(=O)N(C)C2)c(Br)c1=O. The summed E-state index contributed by atoms with van der Waals surface area (Å²) in [6.07, 6.45) is 3.83. The molecule has 1 aliphatic heterocycles. The minimum Gasteiger partial charge on any atom is -0.378 e. The highest BCUT2D eigenvalue weighted by atomic mass is 79.9. The van der Waals surface area contributed by atoms with Crippen LogP contribution in [0.25, 0.3) is 0 Å². The van der Waals surface area contributed by atoms with E-state index in [-0.39, 0.29) is 17.5 Å². The van der Waals surface area contributed by atoms with Crippen LogP contribution in [0.3, 0.4) is 0 Å². The van der Waals surface area contributed by atoms with E-state index in [0.717, 1.165) is 12.8 Å². The number of halogens is 1. The zero-order valence-corrected chi connectivity index (χ0v) is 13.3. The number of amides is 1. The number of hydrogen-bond acceptors (Lipinski definition) is 4. The Kier molecular flexibility index (Phi) is 4.80. The van der Waals surface area contributed by atoms with Crippen LogP contribution >= 0.6 is 15.9 Å². The van der Waals surface area contributed by atoms with Gasteiger partial charge in [-0.2, -0.15) is 5.10 Å². The molecular formula is C13H19BrN4O2. The normalized spacial score (nSPS) is 19.2. The van der Waals surface area contributed by atoms with Gasteiger partial charge in [0.25, 0.3) is 5.56 Å². The molecule has 0 radical (unpaired) electrons. The summed E-state index contributed by atoms with van der Waals surface area (Å²) >= 11 is 3.34. The standard InChI is InChI=1S/C13H19BrN4O2/c1-3-6-18-13(20)12(14)10(7-15-18)16-9-4-5-11(19)17(2)8-9/h7,9,16H,3-6,8H2,1-2H3. The maximum absolute atomic E-state index is 12.1. The second-order valence-electron chi connectivity index (χ2n) is 5.05. The molecule has 7 heteroatoms. The second-order valence-corrected chi connectivity index (χ2v) is 5.85. The lowest BCUT2D eigenvalue weighted by molar-refractivity contribution is -0.132. The van der Waals surface area contributed by atoms with Crippen molar-refractivity contribution in [2.45, 2.75) is 38.8 Å². The Balaban J connectivity index is 2.12. The minimum absolute atomic E-state index is 0.128. The summed E-state index contributed by atoms with van der Waals surface area (Å²) < 4.78 is 1.95. The van der Waals surface area contributed by atoms with E-state index in [1.54, 1.807) is 18.1 Å². The van der Waals surface area contributed by atoms with Gasteiger partial charge in [0.05, 0.1) is 11.9 Å². The highest BCUT2D eigenvalue weighted by molar-refractivity contribution is 9.10. The van der Waals surface area contributed by atoms with E-state index in [4.69, 9.17) is 0 Å². The molecule has 1 aliphatic rings. The third kappa shape index (κ3) is 3.20. The molecule has 20 heavy (non-hydrogen) atoms. The molecule has 1 saturated heterocycles. The Labute approximate surface area is 126 Å². The molecule has 6 nitrogen and oxygen atoms in total. The van der Waals surface area contributed by atoms with Crippen molar-refractivity contribution in [2.24, 2.45) is 0 Å². The second kappa shape index (κ2) is 6.39. The number of aryl methyl sites for hydroxylation is 1. The topological polar surface area (TPSA) is 67.2 Å². The van der Waals surface area contributed by atoms with Crippen LogP contribution < -0.4 is 10.9 Å². The van der Waals surface area contributed by atoms with Crippen molar-refractivity contribution in [3.05, 3.63) is 21.0 Å². The van der Waals surface area contributed by atoms with Crippen LogP contribution in [0.15, 0.2) is 15.5 Å². The van der Waals surface area contributed by atoms with E-state index in [1.807, 2.05) is 6.92 Å². The fourth-order valence-corrected chi connectivity index (χ4v) is 2.71. The first-order valence-corrected chi connectivity index (χ1v) is 7.58. The molecule has 2 rings (SSSR count). The predicted octanol–water partition coefficient (Wildman–Crippen LogP) is 1.45. The molecule has 110 valence electrons. The lowest BCUT2D eigenvalue weighted by atomic mass is 10.1. The van der Waals surface area contributed by atoms with Crippen LogP contribution in [0.5, 0.6) is 0 Å². The van der Waals surface area contributed by atoms with Crippen molar-refractivity contribution in [2.75, 3.05) is 18.9 Å². The van der Waals surface area contributed by atoms with Gasteiger partial charge in [-0.25, -0.2) is 4.68 Å². The third-order valence-electron chi connectivity index (χ3n) is 3.41. The summed E-state index contributed by atoms with van der Waals surface area (Å²) in [5.74, 6) is 0.165. The van der Waals surface area contributed by atoms with Crippen molar-refractivity contribution in [3.8, 4) is 0 Å². The summed E-state index contributed by atoms with van der Waals surface area (Å²) in [5, 5.41) is 7.45. The molecule has 1 aromatic rings. The number of carbonyl (C=O) groups excluding carboxylic acids is 1. The number of aromatic nitrogens is 2. The monoisotopic (exact) mass is 342 g/mol. The number of anilines is 1. The van der Waals surface area contributed by atoms with Crippen LogP contribution in [0.2, 0.25) is 0 Å². The Morgan fingerprint density at radius 3 is 2.90 bits per heavy atom. The lowest BCUT2D eigenvalue weighted by Gasteiger charge is -2.30. The number of likely N-dealkylation sites (N-methyl/N-ethyl adjacent to an activating group) is 1. The van der Waals surface area contributed by atoms with Crippen LogP contribution in [0.1, 0.15) is 26.2 Å². The summed E-state index contributed by atoms with van der Waals surface area (Å²) in [4.78, 5) is 25.2. The lowest BCUT2D eigenvalue weighted by Crippen LogP contribution is -2.43. The first kappa shape index (κ1) is 15.0. The zero-order valence-electron chi connectivity index (χ0n) is 11.7. The number of nitrogens with zero attached hydrogens (tertiary/aromatic N) is 3. The number of carbonyl (C=O) groups is 1. The van der Waals surface area contributed by atoms with E-state index in [2.05, 4.69) is 26.3 Å². The fourth-order valence-electron chi connectivity index (χ4n) is 2.29.